The largest absolute Gasteiger partial charge is 0.381 e. The number of hydrogen-bond donors (Lipinski definition) is 0. The zero-order valence-electron chi connectivity index (χ0n) is 10.1. The van der Waals surface area contributed by atoms with Gasteiger partial charge in [0.1, 0.15) is 5.69 Å². The number of carbonyl (C=O) groups excluding carboxylic acids is 1. The molecule has 5 nitrogen and oxygen atoms in total. The molecule has 2 aliphatic heterocycles. The molecule has 0 spiro atoms. The molecule has 0 radical (unpaired) electrons. The minimum Gasteiger partial charge on any atom is -0.381 e. The van der Waals surface area contributed by atoms with Crippen LogP contribution in [0.15, 0.2) is 0 Å². The number of rotatable bonds is 2. The van der Waals surface area contributed by atoms with Crippen LogP contribution in [0.25, 0.3) is 0 Å². The van der Waals surface area contributed by atoms with Gasteiger partial charge >= 0.3 is 0 Å². The Morgan fingerprint density at radius 3 is 2.82 bits per heavy atom. The van der Waals surface area contributed by atoms with Gasteiger partial charge in [0.15, 0.2) is 6.29 Å². The van der Waals surface area contributed by atoms with Crippen molar-refractivity contribution >= 4 is 6.29 Å². The molecule has 3 heterocycles. The van der Waals surface area contributed by atoms with Crippen LogP contribution in [0, 0.1) is 0 Å². The van der Waals surface area contributed by atoms with Gasteiger partial charge in [0.25, 0.3) is 0 Å². The second-order valence-electron chi connectivity index (χ2n) is 4.89. The maximum Gasteiger partial charge on any atom is 0.168 e. The van der Waals surface area contributed by atoms with Gasteiger partial charge in [-0.1, -0.05) is 0 Å². The summed E-state index contributed by atoms with van der Waals surface area (Å²) in [5.41, 5.74) is 2.96. The molecule has 0 saturated carbocycles. The molecule has 17 heavy (non-hydrogen) atoms. The third kappa shape index (κ3) is 1.79. The number of nitrogens with zero attached hydrogens (tertiary/aromatic N) is 3. The van der Waals surface area contributed by atoms with E-state index >= 15 is 0 Å². The lowest BCUT2D eigenvalue weighted by molar-refractivity contribution is 0.0648. The Kier molecular flexibility index (Phi) is 2.72. The highest BCUT2D eigenvalue weighted by molar-refractivity contribution is 5.75. The Morgan fingerprint density at radius 2 is 2.12 bits per heavy atom. The average molecular weight is 235 g/mol. The molecule has 0 aromatic carbocycles. The molecule has 0 aliphatic carbocycles. The van der Waals surface area contributed by atoms with Crippen molar-refractivity contribution in [3.05, 3.63) is 17.0 Å². The molecular formula is C12H17N3O2. The Bertz CT molecular complexity index is 435. The van der Waals surface area contributed by atoms with E-state index in [0.717, 1.165) is 62.4 Å². The predicted octanol–water partition coefficient (Wildman–Crippen LogP) is 0.992. The van der Waals surface area contributed by atoms with Crippen LogP contribution < -0.4 is 0 Å². The third-order valence-corrected chi connectivity index (χ3v) is 3.63. The fraction of sp³-hybridized carbons (Fsp3) is 0.667. The van der Waals surface area contributed by atoms with Crippen LogP contribution in [0.3, 0.4) is 0 Å². The molecule has 3 rings (SSSR count). The second kappa shape index (κ2) is 4.23. The van der Waals surface area contributed by atoms with Crippen molar-refractivity contribution in [2.24, 2.45) is 0 Å². The fourth-order valence-electron chi connectivity index (χ4n) is 2.74. The summed E-state index contributed by atoms with van der Waals surface area (Å²) in [4.78, 5) is 13.5. The number of aldehydes is 1. The van der Waals surface area contributed by atoms with Crippen LogP contribution in [0.4, 0.5) is 0 Å². The van der Waals surface area contributed by atoms with Crippen LogP contribution in [0.2, 0.25) is 0 Å². The zero-order valence-corrected chi connectivity index (χ0v) is 10.1. The maximum absolute atomic E-state index is 11.3. The van der Waals surface area contributed by atoms with E-state index in [2.05, 4.69) is 17.0 Å². The monoisotopic (exact) mass is 235 g/mol. The summed E-state index contributed by atoms with van der Waals surface area (Å²) < 4.78 is 7.29. The van der Waals surface area contributed by atoms with Gasteiger partial charge in [0.05, 0.1) is 11.7 Å². The van der Waals surface area contributed by atoms with Crippen molar-refractivity contribution in [3.8, 4) is 0 Å². The van der Waals surface area contributed by atoms with Crippen LogP contribution in [-0.4, -0.2) is 41.2 Å². The summed E-state index contributed by atoms with van der Waals surface area (Å²) in [7, 11) is 2.05. The minimum absolute atomic E-state index is 0.333. The van der Waals surface area contributed by atoms with Gasteiger partial charge in [-0.15, -0.1) is 0 Å². The second-order valence-corrected chi connectivity index (χ2v) is 4.89. The van der Waals surface area contributed by atoms with E-state index in [0.29, 0.717) is 6.04 Å². The number of fused-ring (bicyclic) bond motifs is 1. The van der Waals surface area contributed by atoms with Crippen molar-refractivity contribution in [2.75, 3.05) is 20.3 Å². The smallest absolute Gasteiger partial charge is 0.168 e. The van der Waals surface area contributed by atoms with E-state index in [1.807, 2.05) is 4.68 Å². The van der Waals surface area contributed by atoms with Crippen molar-refractivity contribution < 1.29 is 9.53 Å². The summed E-state index contributed by atoms with van der Waals surface area (Å²) in [5, 5.41) is 4.62. The quantitative estimate of drug-likeness (QED) is 0.717. The van der Waals surface area contributed by atoms with Gasteiger partial charge in [0, 0.05) is 31.9 Å². The first-order valence-electron chi connectivity index (χ1n) is 6.11. The summed E-state index contributed by atoms with van der Waals surface area (Å²) in [6.45, 7) is 3.24. The van der Waals surface area contributed by atoms with E-state index in [-0.39, 0.29) is 0 Å². The van der Waals surface area contributed by atoms with Gasteiger partial charge in [-0.2, -0.15) is 5.10 Å². The molecule has 0 N–H and O–H groups in total. The predicted molar refractivity (Wildman–Crippen MR) is 61.9 cm³/mol. The zero-order chi connectivity index (χ0) is 11.8. The topological polar surface area (TPSA) is 47.4 Å². The van der Waals surface area contributed by atoms with Gasteiger partial charge in [-0.3, -0.25) is 14.4 Å². The Hall–Kier alpha value is -1.20. The molecular weight excluding hydrogens is 218 g/mol. The molecule has 1 saturated heterocycles. The summed E-state index contributed by atoms with van der Waals surface area (Å²) in [5.74, 6) is 0. The lowest BCUT2D eigenvalue weighted by atomic mass is 10.1. The maximum atomic E-state index is 11.3. The molecule has 2 aliphatic rings. The van der Waals surface area contributed by atoms with E-state index in [1.165, 1.54) is 0 Å². The van der Waals surface area contributed by atoms with Gasteiger partial charge in [-0.05, 0) is 19.9 Å². The molecule has 5 heteroatoms. The van der Waals surface area contributed by atoms with E-state index in [9.17, 15) is 4.79 Å². The van der Waals surface area contributed by atoms with Crippen molar-refractivity contribution in [1.82, 2.24) is 14.7 Å². The number of aromatic nitrogens is 2. The lowest BCUT2D eigenvalue weighted by Crippen LogP contribution is -2.23. The van der Waals surface area contributed by atoms with Crippen molar-refractivity contribution in [2.45, 2.75) is 32.0 Å². The molecule has 92 valence electrons. The number of hydrogen-bond acceptors (Lipinski definition) is 4. The number of ether oxygens (including phenoxy) is 1. The van der Waals surface area contributed by atoms with Gasteiger partial charge in [0.2, 0.25) is 0 Å². The molecule has 0 unspecified atom stereocenters. The highest BCUT2D eigenvalue weighted by atomic mass is 16.5. The summed E-state index contributed by atoms with van der Waals surface area (Å²) in [6, 6.07) is 0.333. The molecule has 1 fully saturated rings. The highest BCUT2D eigenvalue weighted by Crippen LogP contribution is 2.28. The average Bonchev–Trinajstić information content (AvgIpc) is 2.85. The summed E-state index contributed by atoms with van der Waals surface area (Å²) >= 11 is 0. The molecule has 0 bridgehead atoms. The number of carbonyl (C=O) groups is 1. The van der Waals surface area contributed by atoms with Crippen LogP contribution in [-0.2, 0) is 17.8 Å². The highest BCUT2D eigenvalue weighted by Gasteiger charge is 2.28. The minimum atomic E-state index is 0.333. The van der Waals surface area contributed by atoms with Crippen LogP contribution in [0.5, 0.6) is 0 Å². The molecule has 0 amide bonds. The molecule has 0 atom stereocenters. The summed E-state index contributed by atoms with van der Waals surface area (Å²) in [6.07, 6.45) is 2.87. The van der Waals surface area contributed by atoms with Crippen LogP contribution in [0.1, 0.15) is 40.6 Å². The molecule has 1 aromatic rings. The SMILES string of the molecule is CN1Cc2nn(C3CCOCC3)c(C=O)c2C1. The van der Waals surface area contributed by atoms with E-state index in [1.54, 1.807) is 0 Å². The van der Waals surface area contributed by atoms with Gasteiger partial charge in [-0.25, -0.2) is 0 Å². The first-order valence-corrected chi connectivity index (χ1v) is 6.11. The van der Waals surface area contributed by atoms with E-state index in [4.69, 9.17) is 4.74 Å². The fourth-order valence-corrected chi connectivity index (χ4v) is 2.74. The first-order chi connectivity index (χ1) is 8.29. The van der Waals surface area contributed by atoms with Gasteiger partial charge < -0.3 is 4.74 Å². The Labute approximate surface area is 100 Å². The Morgan fingerprint density at radius 1 is 1.35 bits per heavy atom. The van der Waals surface area contributed by atoms with Crippen molar-refractivity contribution in [3.63, 3.8) is 0 Å². The molecule has 1 aromatic heterocycles. The normalized spacial score (nSPS) is 21.7. The lowest BCUT2D eigenvalue weighted by Gasteiger charge is -2.23. The van der Waals surface area contributed by atoms with E-state index < -0.39 is 0 Å². The Balaban J connectivity index is 1.95. The first kappa shape index (κ1) is 10.9. The van der Waals surface area contributed by atoms with Crippen molar-refractivity contribution in [1.29, 1.82) is 0 Å². The standard InChI is InChI=1S/C12H17N3O2/c1-14-6-10-11(7-14)13-15(12(10)8-16)9-2-4-17-5-3-9/h8-9H,2-7H2,1H3. The third-order valence-electron chi connectivity index (χ3n) is 3.63. The van der Waals surface area contributed by atoms with Crippen LogP contribution >= 0.6 is 0 Å².